The molecule has 0 fully saturated rings. The fourth-order valence-corrected chi connectivity index (χ4v) is 4.04. The van der Waals surface area contributed by atoms with E-state index in [4.69, 9.17) is 4.74 Å². The summed E-state index contributed by atoms with van der Waals surface area (Å²) in [6.07, 6.45) is 1.16. The number of ether oxygens (including phenoxy) is 1. The van der Waals surface area contributed by atoms with Crippen molar-refractivity contribution in [3.8, 4) is 5.88 Å². The zero-order valence-corrected chi connectivity index (χ0v) is 13.5. The fraction of sp³-hybridized carbons (Fsp3) is 0.438. The Kier molecular flexibility index (Phi) is 4.22. The molecule has 0 bridgehead atoms. The summed E-state index contributed by atoms with van der Waals surface area (Å²) in [5.41, 5.74) is 3.59. The lowest BCUT2D eigenvalue weighted by atomic mass is 10.0. The molecule has 0 aliphatic carbocycles. The van der Waals surface area contributed by atoms with Crippen LogP contribution in [-0.2, 0) is 13.6 Å². The van der Waals surface area contributed by atoms with Crippen molar-refractivity contribution in [1.29, 1.82) is 0 Å². The Morgan fingerprint density at radius 3 is 3.05 bits per heavy atom. The summed E-state index contributed by atoms with van der Waals surface area (Å²) in [7, 11) is 3.62. The van der Waals surface area contributed by atoms with Gasteiger partial charge in [0.05, 0.1) is 18.4 Å². The topological polar surface area (TPSA) is 39.1 Å². The Morgan fingerprint density at radius 2 is 2.24 bits per heavy atom. The van der Waals surface area contributed by atoms with Crippen molar-refractivity contribution in [1.82, 2.24) is 15.1 Å². The van der Waals surface area contributed by atoms with E-state index in [1.807, 2.05) is 25.7 Å². The van der Waals surface area contributed by atoms with Crippen LogP contribution in [0.2, 0.25) is 0 Å². The van der Waals surface area contributed by atoms with E-state index in [-0.39, 0.29) is 0 Å². The quantitative estimate of drug-likeness (QED) is 0.942. The number of aromatic nitrogens is 2. The fourth-order valence-electron chi connectivity index (χ4n) is 2.92. The molecule has 1 N–H and O–H groups in total. The van der Waals surface area contributed by atoms with Gasteiger partial charge in [0, 0.05) is 24.5 Å². The van der Waals surface area contributed by atoms with E-state index in [1.165, 1.54) is 10.5 Å². The van der Waals surface area contributed by atoms with Crippen LogP contribution in [-0.4, -0.2) is 22.6 Å². The normalized spacial score (nSPS) is 17.6. The number of nitrogens with zero attached hydrogens (tertiary/aromatic N) is 2. The van der Waals surface area contributed by atoms with Gasteiger partial charge in [-0.2, -0.15) is 5.10 Å². The van der Waals surface area contributed by atoms with Crippen molar-refractivity contribution in [2.24, 2.45) is 7.05 Å². The number of rotatable bonds is 4. The molecule has 0 unspecified atom stereocenters. The first-order valence-electron chi connectivity index (χ1n) is 7.22. The second-order valence-electron chi connectivity index (χ2n) is 5.31. The van der Waals surface area contributed by atoms with Crippen LogP contribution in [0, 0.1) is 6.92 Å². The number of methoxy groups -OCH3 is 1. The number of hydrogen-bond donors (Lipinski definition) is 1. The lowest BCUT2D eigenvalue weighted by Crippen LogP contribution is -2.24. The molecule has 4 nitrogen and oxygen atoms in total. The van der Waals surface area contributed by atoms with Gasteiger partial charge in [0.15, 0.2) is 0 Å². The third kappa shape index (κ3) is 2.80. The van der Waals surface area contributed by atoms with Crippen molar-refractivity contribution in [2.45, 2.75) is 30.8 Å². The van der Waals surface area contributed by atoms with Crippen molar-refractivity contribution in [3.63, 3.8) is 0 Å². The van der Waals surface area contributed by atoms with Gasteiger partial charge in [-0.25, -0.2) is 4.68 Å². The van der Waals surface area contributed by atoms with Gasteiger partial charge in [0.1, 0.15) is 0 Å². The van der Waals surface area contributed by atoms with E-state index < -0.39 is 0 Å². The van der Waals surface area contributed by atoms with E-state index in [2.05, 4.69) is 34.7 Å². The van der Waals surface area contributed by atoms with Crippen LogP contribution < -0.4 is 10.1 Å². The van der Waals surface area contributed by atoms with E-state index in [0.29, 0.717) is 6.04 Å². The van der Waals surface area contributed by atoms with Crippen LogP contribution in [0.4, 0.5) is 0 Å². The van der Waals surface area contributed by atoms with Crippen LogP contribution in [0.3, 0.4) is 0 Å². The molecule has 0 radical (unpaired) electrons. The maximum atomic E-state index is 5.46. The van der Waals surface area contributed by atoms with Crippen LogP contribution in [0.15, 0.2) is 29.2 Å². The molecular formula is C16H21N3OS. The minimum Gasteiger partial charge on any atom is -0.481 e. The molecule has 21 heavy (non-hydrogen) atoms. The van der Waals surface area contributed by atoms with E-state index in [0.717, 1.165) is 35.9 Å². The summed E-state index contributed by atoms with van der Waals surface area (Å²) >= 11 is 1.95. The smallest absolute Gasteiger partial charge is 0.216 e. The zero-order valence-electron chi connectivity index (χ0n) is 12.7. The highest BCUT2D eigenvalue weighted by molar-refractivity contribution is 7.99. The second kappa shape index (κ2) is 6.12. The molecule has 0 spiro atoms. The van der Waals surface area contributed by atoms with Crippen LogP contribution in [0.25, 0.3) is 0 Å². The number of thioether (sulfide) groups is 1. The Hall–Kier alpha value is -1.46. The summed E-state index contributed by atoms with van der Waals surface area (Å²) in [5, 5.41) is 8.11. The standard InChI is InChI=1S/C16H21N3OS/c1-11-13(16(20-3)19(2)18-11)10-17-14-8-9-21-15-7-5-4-6-12(14)15/h4-7,14,17H,8-10H2,1-3H3/t14-/m1/s1. The minimum absolute atomic E-state index is 0.409. The van der Waals surface area contributed by atoms with Gasteiger partial charge in [-0.1, -0.05) is 18.2 Å². The van der Waals surface area contributed by atoms with Gasteiger partial charge in [-0.05, 0) is 30.7 Å². The van der Waals surface area contributed by atoms with E-state index >= 15 is 0 Å². The molecule has 1 aliphatic heterocycles. The number of aryl methyl sites for hydroxylation is 2. The van der Waals surface area contributed by atoms with Gasteiger partial charge in [0.2, 0.25) is 5.88 Å². The average Bonchev–Trinajstić information content (AvgIpc) is 2.78. The summed E-state index contributed by atoms with van der Waals surface area (Å²) < 4.78 is 7.27. The van der Waals surface area contributed by atoms with Crippen molar-refractivity contribution < 1.29 is 4.74 Å². The second-order valence-corrected chi connectivity index (χ2v) is 6.44. The first kappa shape index (κ1) is 14.5. The molecular weight excluding hydrogens is 282 g/mol. The van der Waals surface area contributed by atoms with Gasteiger partial charge < -0.3 is 10.1 Å². The maximum absolute atomic E-state index is 5.46. The molecule has 1 aromatic heterocycles. The van der Waals surface area contributed by atoms with Crippen LogP contribution in [0.5, 0.6) is 5.88 Å². The number of hydrogen-bond acceptors (Lipinski definition) is 4. The predicted molar refractivity (Wildman–Crippen MR) is 85.9 cm³/mol. The molecule has 0 amide bonds. The molecule has 0 saturated heterocycles. The van der Waals surface area contributed by atoms with E-state index in [9.17, 15) is 0 Å². The van der Waals surface area contributed by atoms with Gasteiger partial charge >= 0.3 is 0 Å². The van der Waals surface area contributed by atoms with Crippen molar-refractivity contribution >= 4 is 11.8 Å². The summed E-state index contributed by atoms with van der Waals surface area (Å²) in [6.45, 7) is 2.82. The number of nitrogens with one attached hydrogen (secondary N) is 1. The first-order valence-corrected chi connectivity index (χ1v) is 8.21. The summed E-state index contributed by atoms with van der Waals surface area (Å²) in [4.78, 5) is 1.40. The molecule has 3 rings (SSSR count). The Morgan fingerprint density at radius 1 is 1.43 bits per heavy atom. The predicted octanol–water partition coefficient (Wildman–Crippen LogP) is 3.06. The third-order valence-electron chi connectivity index (χ3n) is 3.97. The molecule has 112 valence electrons. The van der Waals surface area contributed by atoms with Gasteiger partial charge in [-0.15, -0.1) is 11.8 Å². The minimum atomic E-state index is 0.409. The first-order chi connectivity index (χ1) is 10.2. The monoisotopic (exact) mass is 303 g/mol. The highest BCUT2D eigenvalue weighted by Crippen LogP contribution is 2.36. The molecule has 2 heterocycles. The highest BCUT2D eigenvalue weighted by Gasteiger charge is 2.21. The average molecular weight is 303 g/mol. The molecule has 0 saturated carbocycles. The Balaban J connectivity index is 1.78. The summed E-state index contributed by atoms with van der Waals surface area (Å²) in [5.74, 6) is 2.01. The molecule has 1 aromatic carbocycles. The Labute approximate surface area is 129 Å². The lowest BCUT2D eigenvalue weighted by molar-refractivity contribution is 0.366. The largest absolute Gasteiger partial charge is 0.481 e. The third-order valence-corrected chi connectivity index (χ3v) is 5.09. The van der Waals surface area contributed by atoms with E-state index in [1.54, 1.807) is 11.8 Å². The highest BCUT2D eigenvalue weighted by atomic mass is 32.2. The number of benzene rings is 1. The number of fused-ring (bicyclic) bond motifs is 1. The lowest BCUT2D eigenvalue weighted by Gasteiger charge is -2.26. The molecule has 5 heteroatoms. The van der Waals surface area contributed by atoms with Crippen molar-refractivity contribution in [2.75, 3.05) is 12.9 Å². The molecule has 2 aromatic rings. The van der Waals surface area contributed by atoms with Gasteiger partial charge in [0.25, 0.3) is 0 Å². The Bertz CT molecular complexity index is 638. The molecule has 1 atom stereocenters. The molecule has 1 aliphatic rings. The maximum Gasteiger partial charge on any atom is 0.216 e. The summed E-state index contributed by atoms with van der Waals surface area (Å²) in [6, 6.07) is 9.08. The van der Waals surface area contributed by atoms with Crippen molar-refractivity contribution in [3.05, 3.63) is 41.1 Å². The van der Waals surface area contributed by atoms with Crippen LogP contribution >= 0.6 is 11.8 Å². The van der Waals surface area contributed by atoms with Gasteiger partial charge in [-0.3, -0.25) is 0 Å². The van der Waals surface area contributed by atoms with Crippen LogP contribution in [0.1, 0.15) is 29.3 Å². The zero-order chi connectivity index (χ0) is 14.8. The SMILES string of the molecule is COc1c(CN[C@@H]2CCSc3ccccc32)c(C)nn1C.